The zero-order valence-corrected chi connectivity index (χ0v) is 18.6. The number of amides is 3. The number of para-hydroxylation sites is 1. The van der Waals surface area contributed by atoms with Crippen LogP contribution in [-0.4, -0.2) is 34.7 Å². The summed E-state index contributed by atoms with van der Waals surface area (Å²) in [6.45, 7) is 0. The lowest BCUT2D eigenvalue weighted by molar-refractivity contribution is -0.145. The molecule has 33 heavy (non-hydrogen) atoms. The number of hydrogen-bond acceptors (Lipinski definition) is 4. The molecule has 2 aromatic rings. The van der Waals surface area contributed by atoms with Crippen LogP contribution in [0.4, 0.5) is 5.69 Å². The number of anilines is 1. The van der Waals surface area contributed by atoms with Gasteiger partial charge in [0.25, 0.3) is 0 Å². The number of carbonyl (C=O) groups is 3. The minimum Gasteiger partial charge on any atom is -0.324 e. The summed E-state index contributed by atoms with van der Waals surface area (Å²) in [5, 5.41) is 6.52. The predicted octanol–water partition coefficient (Wildman–Crippen LogP) is 3.37. The summed E-state index contributed by atoms with van der Waals surface area (Å²) < 4.78 is 0. The highest BCUT2D eigenvalue weighted by Crippen LogP contribution is 2.53. The first kappa shape index (κ1) is 20.6. The number of likely N-dealkylation sites (tertiary alicyclic amines) is 1. The first-order valence-electron chi connectivity index (χ1n) is 12.2. The molecular formula is C27H29N3O3. The largest absolute Gasteiger partial charge is 0.324 e. The molecule has 3 amide bonds. The fourth-order valence-corrected chi connectivity index (χ4v) is 6.70. The van der Waals surface area contributed by atoms with E-state index in [2.05, 4.69) is 10.6 Å². The second-order valence-electron chi connectivity index (χ2n) is 9.94. The summed E-state index contributed by atoms with van der Waals surface area (Å²) in [7, 11) is 0. The molecule has 6 heteroatoms. The second kappa shape index (κ2) is 7.80. The first-order valence-corrected chi connectivity index (χ1v) is 12.2. The average Bonchev–Trinajstić information content (AvgIpc) is 3.28. The van der Waals surface area contributed by atoms with Crippen molar-refractivity contribution in [1.82, 2.24) is 10.2 Å². The summed E-state index contributed by atoms with van der Waals surface area (Å²) in [6, 6.07) is 17.2. The van der Waals surface area contributed by atoms with E-state index in [1.807, 2.05) is 54.6 Å². The third-order valence-corrected chi connectivity index (χ3v) is 8.14. The van der Waals surface area contributed by atoms with Crippen molar-refractivity contribution < 1.29 is 14.4 Å². The predicted molar refractivity (Wildman–Crippen MR) is 124 cm³/mol. The van der Waals surface area contributed by atoms with Gasteiger partial charge in [-0.15, -0.1) is 0 Å². The van der Waals surface area contributed by atoms with Gasteiger partial charge in [-0.05, 0) is 30.9 Å². The van der Waals surface area contributed by atoms with Crippen LogP contribution in [0.2, 0.25) is 0 Å². The molecule has 2 saturated heterocycles. The van der Waals surface area contributed by atoms with Crippen molar-refractivity contribution >= 4 is 23.4 Å². The summed E-state index contributed by atoms with van der Waals surface area (Å²) in [4.78, 5) is 43.0. The molecule has 0 radical (unpaired) electrons. The summed E-state index contributed by atoms with van der Waals surface area (Å²) in [5.41, 5.74) is 1.39. The van der Waals surface area contributed by atoms with Crippen LogP contribution in [0.25, 0.3) is 0 Å². The molecule has 0 bridgehead atoms. The Morgan fingerprint density at radius 2 is 1.55 bits per heavy atom. The van der Waals surface area contributed by atoms with Gasteiger partial charge < -0.3 is 5.32 Å². The number of carbonyl (C=O) groups excluding carboxylic acids is 3. The molecule has 2 aromatic carbocycles. The first-order chi connectivity index (χ1) is 16.1. The molecule has 3 heterocycles. The van der Waals surface area contributed by atoms with Crippen molar-refractivity contribution in [1.29, 1.82) is 0 Å². The minimum absolute atomic E-state index is 0.0489. The molecule has 2 N–H and O–H groups in total. The third kappa shape index (κ3) is 3.00. The summed E-state index contributed by atoms with van der Waals surface area (Å²) in [5.74, 6) is -1.76. The van der Waals surface area contributed by atoms with Crippen molar-refractivity contribution in [3.05, 3.63) is 65.7 Å². The van der Waals surface area contributed by atoms with E-state index in [-0.39, 0.29) is 29.8 Å². The average molecular weight is 444 g/mol. The van der Waals surface area contributed by atoms with E-state index >= 15 is 0 Å². The van der Waals surface area contributed by atoms with Gasteiger partial charge in [-0.25, -0.2) is 0 Å². The van der Waals surface area contributed by atoms with E-state index in [4.69, 9.17) is 0 Å². The van der Waals surface area contributed by atoms with Gasteiger partial charge in [0.2, 0.25) is 17.7 Å². The smallest absolute Gasteiger partial charge is 0.250 e. The molecule has 1 saturated carbocycles. The molecule has 6 rings (SSSR count). The molecule has 0 aromatic heterocycles. The van der Waals surface area contributed by atoms with E-state index in [0.717, 1.165) is 55.3 Å². The van der Waals surface area contributed by atoms with Crippen LogP contribution in [0, 0.1) is 11.8 Å². The molecule has 1 spiro atoms. The van der Waals surface area contributed by atoms with E-state index in [9.17, 15) is 14.4 Å². The Morgan fingerprint density at radius 1 is 0.848 bits per heavy atom. The molecule has 6 nitrogen and oxygen atoms in total. The van der Waals surface area contributed by atoms with Gasteiger partial charge >= 0.3 is 0 Å². The SMILES string of the molecule is O=C1[C@@H]2[C@@H](C(=O)N1C1CCCCCC1)[C@@]1(N[C@@H]2Cc2ccccc2)C(=O)Nc2ccccc21. The van der Waals surface area contributed by atoms with E-state index < -0.39 is 17.4 Å². The van der Waals surface area contributed by atoms with Crippen LogP contribution in [0.15, 0.2) is 54.6 Å². The van der Waals surface area contributed by atoms with E-state index in [1.165, 1.54) is 0 Å². The summed E-state index contributed by atoms with van der Waals surface area (Å²) in [6.07, 6.45) is 6.70. The topological polar surface area (TPSA) is 78.5 Å². The Kier molecular flexibility index (Phi) is 4.87. The molecule has 170 valence electrons. The lowest BCUT2D eigenvalue weighted by atomic mass is 9.76. The second-order valence-corrected chi connectivity index (χ2v) is 9.94. The van der Waals surface area contributed by atoms with Crippen LogP contribution >= 0.6 is 0 Å². The zero-order chi connectivity index (χ0) is 22.6. The van der Waals surface area contributed by atoms with Crippen molar-refractivity contribution in [2.45, 2.75) is 62.6 Å². The summed E-state index contributed by atoms with van der Waals surface area (Å²) >= 11 is 0. The van der Waals surface area contributed by atoms with Gasteiger partial charge in [0.05, 0.1) is 11.8 Å². The van der Waals surface area contributed by atoms with Crippen LogP contribution in [0.3, 0.4) is 0 Å². The Balaban J connectivity index is 1.45. The fourth-order valence-electron chi connectivity index (χ4n) is 6.70. The minimum atomic E-state index is -1.20. The third-order valence-electron chi connectivity index (χ3n) is 8.14. The van der Waals surface area contributed by atoms with E-state index in [0.29, 0.717) is 6.42 Å². The molecule has 4 aliphatic rings. The Morgan fingerprint density at radius 3 is 2.30 bits per heavy atom. The highest BCUT2D eigenvalue weighted by molar-refractivity contribution is 6.15. The Labute approximate surface area is 193 Å². The Hall–Kier alpha value is -2.99. The molecule has 3 aliphatic heterocycles. The van der Waals surface area contributed by atoms with Crippen molar-refractivity contribution in [2.24, 2.45) is 11.8 Å². The molecular weight excluding hydrogens is 414 g/mol. The van der Waals surface area contributed by atoms with Crippen LogP contribution in [0.5, 0.6) is 0 Å². The van der Waals surface area contributed by atoms with Gasteiger partial charge in [-0.1, -0.05) is 74.2 Å². The maximum atomic E-state index is 14.0. The number of hydrogen-bond donors (Lipinski definition) is 2. The van der Waals surface area contributed by atoms with Gasteiger partial charge in [0.1, 0.15) is 5.54 Å². The van der Waals surface area contributed by atoms with E-state index in [1.54, 1.807) is 4.90 Å². The molecule has 0 unspecified atom stereocenters. The molecule has 1 aliphatic carbocycles. The normalized spacial score (nSPS) is 31.6. The molecule has 4 atom stereocenters. The van der Waals surface area contributed by atoms with Crippen molar-refractivity contribution in [3.8, 4) is 0 Å². The van der Waals surface area contributed by atoms with Crippen molar-refractivity contribution in [3.63, 3.8) is 0 Å². The number of rotatable bonds is 3. The lowest BCUT2D eigenvalue weighted by Gasteiger charge is -2.32. The lowest BCUT2D eigenvalue weighted by Crippen LogP contribution is -2.54. The van der Waals surface area contributed by atoms with Gasteiger partial charge in [0.15, 0.2) is 0 Å². The number of benzene rings is 2. The highest BCUT2D eigenvalue weighted by atomic mass is 16.2. The number of nitrogens with one attached hydrogen (secondary N) is 2. The maximum absolute atomic E-state index is 14.0. The molecule has 3 fully saturated rings. The van der Waals surface area contributed by atoms with Crippen molar-refractivity contribution in [2.75, 3.05) is 5.32 Å². The van der Waals surface area contributed by atoms with Gasteiger partial charge in [-0.3, -0.25) is 24.6 Å². The van der Waals surface area contributed by atoms with Gasteiger partial charge in [0, 0.05) is 23.3 Å². The maximum Gasteiger partial charge on any atom is 0.250 e. The monoisotopic (exact) mass is 443 g/mol. The zero-order valence-electron chi connectivity index (χ0n) is 18.6. The van der Waals surface area contributed by atoms with Crippen LogP contribution in [-0.2, 0) is 26.3 Å². The van der Waals surface area contributed by atoms with Gasteiger partial charge in [-0.2, -0.15) is 0 Å². The number of imide groups is 1. The standard InChI is InChI=1S/C27H29N3O3/c31-24-22-21(16-17-10-4-3-5-11-17)29-27(19-14-8-9-15-20(19)28-26(27)33)23(22)25(32)30(24)18-12-6-1-2-7-13-18/h3-5,8-11,14-15,18,21-23,29H,1-2,6-7,12-13,16H2,(H,28,33)/t21-,22+,23+,27-/m1/s1. The number of fused-ring (bicyclic) bond motifs is 4. The quantitative estimate of drug-likeness (QED) is 0.563. The number of nitrogens with zero attached hydrogens (tertiary/aromatic N) is 1. The highest BCUT2D eigenvalue weighted by Gasteiger charge is 2.70. The van der Waals surface area contributed by atoms with Crippen LogP contribution in [0.1, 0.15) is 49.7 Å². The fraction of sp³-hybridized carbons (Fsp3) is 0.444. The Bertz CT molecular complexity index is 1110. The van der Waals surface area contributed by atoms with Crippen LogP contribution < -0.4 is 10.6 Å².